The van der Waals surface area contributed by atoms with Crippen LogP contribution in [0.1, 0.15) is 6.92 Å². The number of rotatable bonds is 3. The van der Waals surface area contributed by atoms with Crippen molar-refractivity contribution in [2.24, 2.45) is 10.7 Å². The Morgan fingerprint density at radius 3 is 2.52 bits per heavy atom. The fourth-order valence-electron chi connectivity index (χ4n) is 2.09. The first-order valence-corrected chi connectivity index (χ1v) is 6.60. The van der Waals surface area contributed by atoms with Crippen molar-refractivity contribution >= 4 is 11.7 Å². The smallest absolute Gasteiger partial charge is 0.157 e. The van der Waals surface area contributed by atoms with Crippen molar-refractivity contribution in [2.45, 2.75) is 6.92 Å². The lowest BCUT2D eigenvalue weighted by atomic mass is 10.1. The summed E-state index contributed by atoms with van der Waals surface area (Å²) >= 11 is 0. The van der Waals surface area contributed by atoms with E-state index in [0.29, 0.717) is 11.7 Å². The van der Waals surface area contributed by atoms with Gasteiger partial charge in [0.05, 0.1) is 17.7 Å². The van der Waals surface area contributed by atoms with E-state index in [2.05, 4.69) is 20.2 Å². The summed E-state index contributed by atoms with van der Waals surface area (Å²) in [6.07, 6.45) is 3.54. The van der Waals surface area contributed by atoms with Crippen LogP contribution in [0.25, 0.3) is 22.4 Å². The molecular formula is C16H15N5. The molecule has 0 spiro atoms. The van der Waals surface area contributed by atoms with E-state index < -0.39 is 0 Å². The summed E-state index contributed by atoms with van der Waals surface area (Å²) in [7, 11) is 0. The zero-order chi connectivity index (χ0) is 14.7. The summed E-state index contributed by atoms with van der Waals surface area (Å²) in [5.41, 5.74) is 9.47. The Kier molecular flexibility index (Phi) is 3.47. The lowest BCUT2D eigenvalue weighted by molar-refractivity contribution is 1.08. The van der Waals surface area contributed by atoms with E-state index >= 15 is 0 Å². The molecule has 5 heteroatoms. The summed E-state index contributed by atoms with van der Waals surface area (Å²) in [4.78, 5) is 8.73. The number of amidine groups is 1. The molecule has 0 amide bonds. The van der Waals surface area contributed by atoms with Crippen LogP contribution in [-0.4, -0.2) is 21.0 Å². The second-order valence-corrected chi connectivity index (χ2v) is 4.68. The van der Waals surface area contributed by atoms with Gasteiger partial charge in [-0.05, 0) is 13.0 Å². The van der Waals surface area contributed by atoms with Crippen LogP contribution in [0, 0.1) is 0 Å². The number of H-pyrrole nitrogens is 1. The Labute approximate surface area is 122 Å². The molecular weight excluding hydrogens is 262 g/mol. The number of benzene rings is 1. The molecule has 0 bridgehead atoms. The first-order valence-electron chi connectivity index (χ1n) is 6.60. The van der Waals surface area contributed by atoms with Crippen molar-refractivity contribution in [2.75, 3.05) is 0 Å². The minimum Gasteiger partial charge on any atom is -0.387 e. The van der Waals surface area contributed by atoms with E-state index in [1.54, 1.807) is 13.1 Å². The molecule has 5 nitrogen and oxygen atoms in total. The van der Waals surface area contributed by atoms with Crippen molar-refractivity contribution in [3.05, 3.63) is 54.9 Å². The van der Waals surface area contributed by atoms with Gasteiger partial charge >= 0.3 is 0 Å². The molecule has 3 N–H and O–H groups in total. The minimum atomic E-state index is 0.481. The van der Waals surface area contributed by atoms with Crippen LogP contribution in [0.5, 0.6) is 0 Å². The van der Waals surface area contributed by atoms with E-state index in [1.165, 1.54) is 0 Å². The standard InChI is InChI=1S/C16H15N5/c1-11(17)20-16-14(10-19-21-16)13-7-8-15(18-9-13)12-5-3-2-4-6-12/h2-10H,1H3,(H3,17,19,20,21). The number of nitrogens with zero attached hydrogens (tertiary/aromatic N) is 3. The molecule has 0 unspecified atom stereocenters. The first-order chi connectivity index (χ1) is 10.2. The van der Waals surface area contributed by atoms with Gasteiger partial charge in [-0.15, -0.1) is 0 Å². The maximum absolute atomic E-state index is 5.62. The minimum absolute atomic E-state index is 0.481. The average Bonchev–Trinajstić information content (AvgIpc) is 2.96. The monoisotopic (exact) mass is 277 g/mol. The predicted octanol–water partition coefficient (Wildman–Crippen LogP) is 3.15. The van der Waals surface area contributed by atoms with Crippen molar-refractivity contribution in [3.8, 4) is 22.4 Å². The van der Waals surface area contributed by atoms with Crippen LogP contribution in [0.3, 0.4) is 0 Å². The largest absolute Gasteiger partial charge is 0.387 e. The van der Waals surface area contributed by atoms with Crippen LogP contribution in [0.2, 0.25) is 0 Å². The number of aliphatic imine (C=N–C) groups is 1. The Hall–Kier alpha value is -2.95. The Bertz CT molecular complexity index is 753. The summed E-state index contributed by atoms with van der Waals surface area (Å²) in [6.45, 7) is 1.74. The summed E-state index contributed by atoms with van der Waals surface area (Å²) < 4.78 is 0. The molecule has 0 fully saturated rings. The maximum atomic E-state index is 5.62. The van der Waals surface area contributed by atoms with Crippen LogP contribution < -0.4 is 5.73 Å². The Morgan fingerprint density at radius 1 is 1.05 bits per heavy atom. The van der Waals surface area contributed by atoms with Gasteiger partial charge in [-0.2, -0.15) is 5.10 Å². The van der Waals surface area contributed by atoms with Crippen molar-refractivity contribution in [1.29, 1.82) is 0 Å². The third-order valence-corrected chi connectivity index (χ3v) is 3.05. The molecule has 0 aliphatic rings. The SMILES string of the molecule is C/C(N)=N/c1[nH]ncc1-c1ccc(-c2ccccc2)nc1. The van der Waals surface area contributed by atoms with Crippen LogP contribution in [-0.2, 0) is 0 Å². The van der Waals surface area contributed by atoms with E-state index in [-0.39, 0.29) is 0 Å². The van der Waals surface area contributed by atoms with Crippen molar-refractivity contribution < 1.29 is 0 Å². The van der Waals surface area contributed by atoms with Crippen molar-refractivity contribution in [3.63, 3.8) is 0 Å². The summed E-state index contributed by atoms with van der Waals surface area (Å²) in [5.74, 6) is 1.12. The van der Waals surface area contributed by atoms with Crippen LogP contribution >= 0.6 is 0 Å². The van der Waals surface area contributed by atoms with E-state index in [9.17, 15) is 0 Å². The fraction of sp³-hybridized carbons (Fsp3) is 0.0625. The molecule has 2 heterocycles. The van der Waals surface area contributed by atoms with Gasteiger partial charge in [-0.25, -0.2) is 4.99 Å². The molecule has 0 aliphatic carbocycles. The molecule has 3 aromatic rings. The van der Waals surface area contributed by atoms with Gasteiger partial charge in [0.2, 0.25) is 0 Å². The molecule has 0 radical (unpaired) electrons. The zero-order valence-electron chi connectivity index (χ0n) is 11.6. The number of hydrogen-bond donors (Lipinski definition) is 2. The molecule has 0 saturated carbocycles. The van der Waals surface area contributed by atoms with Crippen LogP contribution in [0.15, 0.2) is 59.9 Å². The predicted molar refractivity (Wildman–Crippen MR) is 84.2 cm³/mol. The maximum Gasteiger partial charge on any atom is 0.157 e. The van der Waals surface area contributed by atoms with Gasteiger partial charge in [0, 0.05) is 22.9 Å². The zero-order valence-corrected chi connectivity index (χ0v) is 11.6. The third kappa shape index (κ3) is 2.81. The molecule has 104 valence electrons. The topological polar surface area (TPSA) is 80.0 Å². The second kappa shape index (κ2) is 5.58. The number of aromatic amines is 1. The molecule has 0 aliphatic heterocycles. The Balaban J connectivity index is 1.95. The van der Waals surface area contributed by atoms with Gasteiger partial charge in [-0.1, -0.05) is 36.4 Å². The number of hydrogen-bond acceptors (Lipinski definition) is 3. The quantitative estimate of drug-likeness (QED) is 0.570. The van der Waals surface area contributed by atoms with E-state index in [4.69, 9.17) is 5.73 Å². The lowest BCUT2D eigenvalue weighted by Gasteiger charge is -2.03. The fourth-order valence-corrected chi connectivity index (χ4v) is 2.09. The highest BCUT2D eigenvalue weighted by Crippen LogP contribution is 2.28. The van der Waals surface area contributed by atoms with E-state index in [0.717, 1.165) is 22.4 Å². The number of nitrogens with one attached hydrogen (secondary N) is 1. The highest BCUT2D eigenvalue weighted by molar-refractivity contribution is 5.83. The molecule has 2 aromatic heterocycles. The highest BCUT2D eigenvalue weighted by Gasteiger charge is 2.08. The number of aromatic nitrogens is 3. The first kappa shape index (κ1) is 13.1. The molecule has 0 atom stereocenters. The van der Waals surface area contributed by atoms with Gasteiger partial charge in [-0.3, -0.25) is 10.1 Å². The summed E-state index contributed by atoms with van der Waals surface area (Å²) in [6, 6.07) is 14.0. The highest BCUT2D eigenvalue weighted by atomic mass is 15.2. The lowest BCUT2D eigenvalue weighted by Crippen LogP contribution is -2.04. The van der Waals surface area contributed by atoms with Crippen molar-refractivity contribution in [1.82, 2.24) is 15.2 Å². The normalized spacial score (nSPS) is 11.6. The Morgan fingerprint density at radius 2 is 1.86 bits per heavy atom. The van der Waals surface area contributed by atoms with Gasteiger partial charge in [0.25, 0.3) is 0 Å². The van der Waals surface area contributed by atoms with Gasteiger partial charge in [0.1, 0.15) is 0 Å². The summed E-state index contributed by atoms with van der Waals surface area (Å²) in [5, 5.41) is 6.85. The molecule has 21 heavy (non-hydrogen) atoms. The third-order valence-electron chi connectivity index (χ3n) is 3.05. The number of nitrogens with two attached hydrogens (primary N) is 1. The van der Waals surface area contributed by atoms with E-state index in [1.807, 2.05) is 48.7 Å². The molecule has 0 saturated heterocycles. The second-order valence-electron chi connectivity index (χ2n) is 4.68. The molecule has 1 aromatic carbocycles. The average molecular weight is 277 g/mol. The van der Waals surface area contributed by atoms with Gasteiger partial charge in [0.15, 0.2) is 5.82 Å². The molecule has 3 rings (SSSR count). The van der Waals surface area contributed by atoms with Gasteiger partial charge < -0.3 is 5.73 Å². The van der Waals surface area contributed by atoms with Crippen LogP contribution in [0.4, 0.5) is 5.82 Å². The number of pyridine rings is 1.